The molecule has 0 aliphatic carbocycles. The molecule has 1 aliphatic rings. The maximum atomic E-state index is 12.4. The molecule has 1 saturated heterocycles. The molecule has 1 aliphatic heterocycles. The van der Waals surface area contributed by atoms with Crippen molar-refractivity contribution in [3.8, 4) is 0 Å². The number of rotatable bonds is 3. The van der Waals surface area contributed by atoms with Crippen LogP contribution in [-0.4, -0.2) is 31.0 Å². The zero-order chi connectivity index (χ0) is 12.7. The summed E-state index contributed by atoms with van der Waals surface area (Å²) >= 11 is 0. The zero-order valence-corrected chi connectivity index (χ0v) is 11.3. The van der Waals surface area contributed by atoms with Gasteiger partial charge in [0.25, 0.3) is 0 Å². The average molecular weight is 235 g/mol. The van der Waals surface area contributed by atoms with Crippen LogP contribution in [0.4, 0.5) is 8.78 Å². The molecule has 16 heavy (non-hydrogen) atoms. The Kier molecular flexibility index (Phi) is 7.90. The molecule has 1 heterocycles. The van der Waals surface area contributed by atoms with Gasteiger partial charge in [-0.2, -0.15) is 0 Å². The maximum Gasteiger partial charge on any atom is 0.239 e. The van der Waals surface area contributed by atoms with E-state index in [-0.39, 0.29) is 12.3 Å². The van der Waals surface area contributed by atoms with Gasteiger partial charge in [-0.1, -0.05) is 27.7 Å². The number of halogens is 2. The molecule has 0 saturated carbocycles. The summed E-state index contributed by atoms with van der Waals surface area (Å²) in [5, 5.41) is 0. The van der Waals surface area contributed by atoms with Crippen LogP contribution in [0.1, 0.15) is 47.0 Å². The van der Waals surface area contributed by atoms with Crippen molar-refractivity contribution in [1.29, 1.82) is 0 Å². The van der Waals surface area contributed by atoms with Crippen molar-refractivity contribution < 1.29 is 8.78 Å². The first-order chi connectivity index (χ1) is 7.52. The second-order valence-electron chi connectivity index (χ2n) is 4.74. The summed E-state index contributed by atoms with van der Waals surface area (Å²) in [7, 11) is 2.06. The molecule has 0 spiro atoms. The van der Waals surface area contributed by atoms with Crippen LogP contribution in [0, 0.1) is 11.8 Å². The van der Waals surface area contributed by atoms with E-state index in [0.717, 1.165) is 19.4 Å². The van der Waals surface area contributed by atoms with Crippen LogP contribution in [0.25, 0.3) is 0 Å². The van der Waals surface area contributed by atoms with Gasteiger partial charge in [0.1, 0.15) is 0 Å². The number of alkyl halides is 2. The van der Waals surface area contributed by atoms with E-state index in [1.54, 1.807) is 0 Å². The smallest absolute Gasteiger partial charge is 0.239 e. The molecule has 2 unspecified atom stereocenters. The van der Waals surface area contributed by atoms with E-state index in [1.807, 2.05) is 13.8 Å². The summed E-state index contributed by atoms with van der Waals surface area (Å²) in [6, 6.07) is 0.345. The van der Waals surface area contributed by atoms with Crippen LogP contribution in [0.3, 0.4) is 0 Å². The molecule has 0 bridgehead atoms. The third-order valence-electron chi connectivity index (χ3n) is 3.24. The third-order valence-corrected chi connectivity index (χ3v) is 3.24. The third kappa shape index (κ3) is 4.77. The standard InChI is InChI=1S/C11H21F2N.C2H6/c1-8(2)11-9(7-10(12)13)5-4-6-14(11)3;1-2/h8-11H,4-7H2,1-3H3;1-2H3. The molecule has 1 fully saturated rings. The van der Waals surface area contributed by atoms with E-state index in [2.05, 4.69) is 25.8 Å². The summed E-state index contributed by atoms with van der Waals surface area (Å²) in [4.78, 5) is 2.25. The molecule has 1 rings (SSSR count). The summed E-state index contributed by atoms with van der Waals surface area (Å²) in [6.07, 6.45) is -0.0327. The Morgan fingerprint density at radius 3 is 2.25 bits per heavy atom. The van der Waals surface area contributed by atoms with E-state index in [4.69, 9.17) is 0 Å². The van der Waals surface area contributed by atoms with Gasteiger partial charge in [0.2, 0.25) is 6.43 Å². The predicted octanol–water partition coefficient (Wildman–Crippen LogP) is 4.03. The first-order valence-electron chi connectivity index (χ1n) is 6.50. The van der Waals surface area contributed by atoms with Crippen LogP contribution >= 0.6 is 0 Å². The van der Waals surface area contributed by atoms with Gasteiger partial charge >= 0.3 is 0 Å². The Bertz CT molecular complexity index is 171. The van der Waals surface area contributed by atoms with Crippen molar-refractivity contribution in [3.05, 3.63) is 0 Å². The fraction of sp³-hybridized carbons (Fsp3) is 1.00. The second-order valence-corrected chi connectivity index (χ2v) is 4.74. The minimum absolute atomic E-state index is 0.0766. The van der Waals surface area contributed by atoms with Crippen molar-refractivity contribution in [3.63, 3.8) is 0 Å². The van der Waals surface area contributed by atoms with Crippen LogP contribution in [0.2, 0.25) is 0 Å². The number of nitrogens with zero attached hydrogens (tertiary/aromatic N) is 1. The molecule has 0 radical (unpaired) electrons. The number of hydrogen-bond acceptors (Lipinski definition) is 1. The lowest BCUT2D eigenvalue weighted by molar-refractivity contribution is 0.0331. The van der Waals surface area contributed by atoms with E-state index >= 15 is 0 Å². The highest BCUT2D eigenvalue weighted by Gasteiger charge is 2.32. The average Bonchev–Trinajstić information content (AvgIpc) is 2.19. The summed E-state index contributed by atoms with van der Waals surface area (Å²) in [5.41, 5.74) is 0. The van der Waals surface area contributed by atoms with Crippen molar-refractivity contribution in [1.82, 2.24) is 4.90 Å². The molecule has 3 heteroatoms. The molecule has 0 amide bonds. The van der Waals surface area contributed by atoms with Crippen LogP contribution < -0.4 is 0 Å². The Morgan fingerprint density at radius 2 is 1.81 bits per heavy atom. The van der Waals surface area contributed by atoms with Crippen molar-refractivity contribution >= 4 is 0 Å². The highest BCUT2D eigenvalue weighted by molar-refractivity contribution is 4.85. The SMILES string of the molecule is CC.CC(C)C1C(CC(F)F)CCCN1C. The maximum absolute atomic E-state index is 12.4. The molecule has 1 nitrogen and oxygen atoms in total. The first kappa shape index (κ1) is 15.8. The summed E-state index contributed by atoms with van der Waals surface area (Å²) < 4.78 is 24.7. The highest BCUT2D eigenvalue weighted by Crippen LogP contribution is 2.31. The highest BCUT2D eigenvalue weighted by atomic mass is 19.3. The summed E-state index contributed by atoms with van der Waals surface area (Å²) in [6.45, 7) is 9.32. The van der Waals surface area contributed by atoms with E-state index in [0.29, 0.717) is 12.0 Å². The molecule has 2 atom stereocenters. The van der Waals surface area contributed by atoms with Crippen molar-refractivity contribution in [2.45, 2.75) is 59.4 Å². The lowest BCUT2D eigenvalue weighted by Crippen LogP contribution is -2.46. The minimum Gasteiger partial charge on any atom is -0.303 e. The molecule has 0 aromatic carbocycles. The molecule has 0 aromatic heterocycles. The molecular formula is C13H27F2N. The van der Waals surface area contributed by atoms with Gasteiger partial charge < -0.3 is 4.90 Å². The predicted molar refractivity (Wildman–Crippen MR) is 65.9 cm³/mol. The lowest BCUT2D eigenvalue weighted by atomic mass is 9.81. The van der Waals surface area contributed by atoms with Gasteiger partial charge in [-0.05, 0) is 38.3 Å². The van der Waals surface area contributed by atoms with Gasteiger partial charge in [0.05, 0.1) is 0 Å². The number of piperidine rings is 1. The quantitative estimate of drug-likeness (QED) is 0.713. The van der Waals surface area contributed by atoms with Gasteiger partial charge in [0.15, 0.2) is 0 Å². The van der Waals surface area contributed by atoms with Gasteiger partial charge in [-0.15, -0.1) is 0 Å². The van der Waals surface area contributed by atoms with E-state index in [1.165, 1.54) is 0 Å². The van der Waals surface area contributed by atoms with Crippen molar-refractivity contribution in [2.75, 3.05) is 13.6 Å². The normalized spacial score (nSPS) is 26.8. The Hall–Kier alpha value is -0.180. The van der Waals surface area contributed by atoms with E-state index < -0.39 is 6.43 Å². The van der Waals surface area contributed by atoms with Crippen LogP contribution in [0.5, 0.6) is 0 Å². The van der Waals surface area contributed by atoms with Crippen LogP contribution in [0.15, 0.2) is 0 Å². The minimum atomic E-state index is -2.15. The molecule has 0 aromatic rings. The van der Waals surface area contributed by atoms with Crippen LogP contribution in [-0.2, 0) is 0 Å². The number of hydrogen-bond donors (Lipinski definition) is 0. The van der Waals surface area contributed by atoms with Crippen molar-refractivity contribution in [2.24, 2.45) is 11.8 Å². The van der Waals surface area contributed by atoms with E-state index in [9.17, 15) is 8.78 Å². The fourth-order valence-corrected chi connectivity index (χ4v) is 2.82. The largest absolute Gasteiger partial charge is 0.303 e. The van der Waals surface area contributed by atoms with Gasteiger partial charge in [-0.25, -0.2) is 8.78 Å². The summed E-state index contributed by atoms with van der Waals surface area (Å²) in [5.74, 6) is 0.665. The number of likely N-dealkylation sites (tertiary alicyclic amines) is 1. The topological polar surface area (TPSA) is 3.24 Å². The second kappa shape index (κ2) is 7.99. The Balaban J connectivity index is 0.00000106. The Morgan fingerprint density at radius 1 is 1.25 bits per heavy atom. The monoisotopic (exact) mass is 235 g/mol. The lowest BCUT2D eigenvalue weighted by Gasteiger charge is -2.41. The van der Waals surface area contributed by atoms with Gasteiger partial charge in [-0.3, -0.25) is 0 Å². The molecular weight excluding hydrogens is 208 g/mol. The Labute approximate surface area is 99.2 Å². The van der Waals surface area contributed by atoms with Gasteiger partial charge in [0, 0.05) is 12.5 Å². The first-order valence-corrected chi connectivity index (χ1v) is 6.50. The molecule has 0 N–H and O–H groups in total. The molecule has 98 valence electrons. The fourth-order valence-electron chi connectivity index (χ4n) is 2.82. The zero-order valence-electron chi connectivity index (χ0n) is 11.3.